The summed E-state index contributed by atoms with van der Waals surface area (Å²) in [6.45, 7) is 0. The van der Waals surface area contributed by atoms with Crippen LogP contribution in [0.5, 0.6) is 0 Å². The molecular formula is Mn2Na2Ni2O5. The van der Waals surface area contributed by atoms with Gasteiger partial charge in [0.1, 0.15) is 0 Å². The molecule has 0 saturated heterocycles. The van der Waals surface area contributed by atoms with Crippen LogP contribution < -0.4 is 59.1 Å². The van der Waals surface area contributed by atoms with Crippen LogP contribution in [-0.4, -0.2) is 0 Å². The first kappa shape index (κ1) is 194. The van der Waals surface area contributed by atoms with E-state index in [-0.39, 0.29) is 154 Å². The fourth-order valence-electron chi connectivity index (χ4n) is 0. The normalized spacial score (nSPS) is 0. The first-order valence-electron chi connectivity index (χ1n) is 0. The van der Waals surface area contributed by atoms with Crippen LogP contribution in [0, 0.1) is 0 Å². The summed E-state index contributed by atoms with van der Waals surface area (Å²) >= 11 is 0. The Morgan fingerprint density at radius 2 is 0.364 bits per heavy atom. The number of hydrogen-bond donors (Lipinski definition) is 0. The maximum absolute atomic E-state index is 0. The fraction of sp³-hybridized carbons (Fsp3) is 0. The standard InChI is InChI=1S/2Mn.2Na.2Ni.5O/q2*+2;2*+1;2*+2;5*-2. The summed E-state index contributed by atoms with van der Waals surface area (Å²) in [6.07, 6.45) is 0. The van der Waals surface area contributed by atoms with Crippen LogP contribution >= 0.6 is 0 Å². The van der Waals surface area contributed by atoms with E-state index in [0.717, 1.165) is 0 Å². The predicted molar refractivity (Wildman–Crippen MR) is 3.43 cm³/mol. The van der Waals surface area contributed by atoms with Crippen molar-refractivity contribution in [2.24, 2.45) is 0 Å². The van der Waals surface area contributed by atoms with Crippen LogP contribution in [0.4, 0.5) is 0 Å². The summed E-state index contributed by atoms with van der Waals surface area (Å²) in [5.74, 6) is 0. The maximum Gasteiger partial charge on any atom is 2.00 e. The quantitative estimate of drug-likeness (QED) is 0.382. The van der Waals surface area contributed by atoms with Crippen molar-refractivity contribution in [2.75, 3.05) is 0 Å². The van der Waals surface area contributed by atoms with Crippen molar-refractivity contribution in [3.8, 4) is 0 Å². The molecule has 0 N–H and O–H groups in total. The summed E-state index contributed by atoms with van der Waals surface area (Å²) in [6, 6.07) is 0. The monoisotopic (exact) mass is 352 g/mol. The smallest absolute Gasteiger partial charge is 2.00 e. The third-order valence-corrected chi connectivity index (χ3v) is 0. The van der Waals surface area contributed by atoms with Crippen molar-refractivity contribution in [3.63, 3.8) is 0 Å². The molecule has 0 amide bonds. The average Bonchev–Trinajstić information content (AvgIpc) is 0. The van der Waals surface area contributed by atoms with Gasteiger partial charge in [-0.15, -0.1) is 0 Å². The molecule has 0 heterocycles. The Morgan fingerprint density at radius 1 is 0.364 bits per heavy atom. The minimum Gasteiger partial charge on any atom is -2.00 e. The van der Waals surface area contributed by atoms with Crippen molar-refractivity contribution < 1.29 is 154 Å². The number of hydrogen-bond acceptors (Lipinski definition) is 0. The molecule has 0 saturated carbocycles. The molecular weight excluding hydrogens is 353 g/mol. The molecule has 0 unspecified atom stereocenters. The van der Waals surface area contributed by atoms with E-state index in [1.165, 1.54) is 0 Å². The number of rotatable bonds is 0. The largest absolute Gasteiger partial charge is 2.00 e. The van der Waals surface area contributed by atoms with Gasteiger partial charge in [-0.3, -0.25) is 0 Å². The van der Waals surface area contributed by atoms with Gasteiger partial charge in [-0.05, 0) is 0 Å². The topological polar surface area (TPSA) is 142 Å². The zero-order valence-corrected chi connectivity index (χ0v) is 13.8. The van der Waals surface area contributed by atoms with Crippen molar-refractivity contribution in [3.05, 3.63) is 0 Å². The molecule has 0 spiro atoms. The Balaban J connectivity index is 0. The molecule has 0 aliphatic carbocycles. The Morgan fingerprint density at radius 3 is 0.364 bits per heavy atom. The first-order chi connectivity index (χ1) is 0. The Kier molecular flexibility index (Phi) is 2730. The zero-order chi connectivity index (χ0) is 0. The van der Waals surface area contributed by atoms with Gasteiger partial charge in [0.2, 0.25) is 0 Å². The van der Waals surface area contributed by atoms with E-state index < -0.39 is 0 Å². The van der Waals surface area contributed by atoms with E-state index in [1.807, 2.05) is 0 Å². The van der Waals surface area contributed by atoms with Crippen molar-refractivity contribution in [1.82, 2.24) is 0 Å². The van der Waals surface area contributed by atoms with Crippen LogP contribution in [0.25, 0.3) is 0 Å². The van der Waals surface area contributed by atoms with Crippen LogP contribution in [0.2, 0.25) is 0 Å². The molecule has 0 aromatic rings. The minimum atomic E-state index is 0. The van der Waals surface area contributed by atoms with Gasteiger partial charge in [0, 0.05) is 0 Å². The van der Waals surface area contributed by atoms with Gasteiger partial charge in [0.15, 0.2) is 0 Å². The van der Waals surface area contributed by atoms with E-state index in [9.17, 15) is 0 Å². The average molecular weight is 353 g/mol. The molecule has 11 heteroatoms. The molecule has 0 aliphatic rings. The van der Waals surface area contributed by atoms with Gasteiger partial charge in [0.05, 0.1) is 0 Å². The Bertz CT molecular complexity index is 20.4. The minimum absolute atomic E-state index is 0. The molecule has 0 aromatic heterocycles. The summed E-state index contributed by atoms with van der Waals surface area (Å²) in [4.78, 5) is 0. The molecule has 5 nitrogen and oxygen atoms in total. The van der Waals surface area contributed by atoms with E-state index in [2.05, 4.69) is 0 Å². The second-order valence-corrected chi connectivity index (χ2v) is 0. The molecule has 0 bridgehead atoms. The molecule has 2 radical (unpaired) electrons. The zero-order valence-electron chi connectivity index (χ0n) is 5.43. The van der Waals surface area contributed by atoms with Crippen molar-refractivity contribution in [2.45, 2.75) is 0 Å². The van der Waals surface area contributed by atoms with Gasteiger partial charge in [-0.2, -0.15) is 0 Å². The van der Waals surface area contributed by atoms with E-state index in [4.69, 9.17) is 0 Å². The van der Waals surface area contributed by atoms with Crippen LogP contribution in [0.1, 0.15) is 0 Å². The van der Waals surface area contributed by atoms with Crippen LogP contribution in [0.15, 0.2) is 0 Å². The Hall–Kier alpha value is 3.83. The molecule has 0 rings (SSSR count). The maximum atomic E-state index is 0. The fourth-order valence-corrected chi connectivity index (χ4v) is 0. The van der Waals surface area contributed by atoms with E-state index >= 15 is 0 Å². The summed E-state index contributed by atoms with van der Waals surface area (Å²) < 4.78 is 0. The molecule has 66 valence electrons. The van der Waals surface area contributed by atoms with Gasteiger partial charge in [0.25, 0.3) is 0 Å². The second-order valence-electron chi connectivity index (χ2n) is 0. The summed E-state index contributed by atoms with van der Waals surface area (Å²) in [7, 11) is 0. The molecule has 0 atom stereocenters. The van der Waals surface area contributed by atoms with Crippen molar-refractivity contribution >= 4 is 0 Å². The molecule has 11 heavy (non-hydrogen) atoms. The van der Waals surface area contributed by atoms with Gasteiger partial charge in [-0.25, -0.2) is 0 Å². The molecule has 0 fully saturated rings. The van der Waals surface area contributed by atoms with Gasteiger partial charge in [-0.1, -0.05) is 0 Å². The summed E-state index contributed by atoms with van der Waals surface area (Å²) in [5.41, 5.74) is 0. The van der Waals surface area contributed by atoms with Gasteiger partial charge >= 0.3 is 126 Å². The van der Waals surface area contributed by atoms with Crippen LogP contribution in [-0.2, 0) is 94.5 Å². The summed E-state index contributed by atoms with van der Waals surface area (Å²) in [5, 5.41) is 0. The van der Waals surface area contributed by atoms with E-state index in [0.29, 0.717) is 0 Å². The SMILES string of the molecule is [Mn+2].[Mn+2].[Na+].[Na+].[Ni+2].[Ni+2].[O-2].[O-2].[O-2].[O-2].[O-2]. The first-order valence-corrected chi connectivity index (χ1v) is 0. The third kappa shape index (κ3) is 132. The Labute approximate surface area is 151 Å². The predicted octanol–water partition coefficient (Wildman–Crippen LogP) is -6.60. The van der Waals surface area contributed by atoms with E-state index in [1.54, 1.807) is 0 Å². The van der Waals surface area contributed by atoms with Gasteiger partial charge < -0.3 is 27.4 Å². The van der Waals surface area contributed by atoms with Crippen molar-refractivity contribution in [1.29, 1.82) is 0 Å². The van der Waals surface area contributed by atoms with Crippen LogP contribution in [0.3, 0.4) is 0 Å². The third-order valence-electron chi connectivity index (χ3n) is 0. The molecule has 0 aliphatic heterocycles. The second kappa shape index (κ2) is 155. The molecule has 0 aromatic carbocycles.